The molecule has 1 aliphatic carbocycles. The topological polar surface area (TPSA) is 90.0 Å². The number of carbonyl (C=O) groups excluding carboxylic acids is 2. The fraction of sp³-hybridized carbons (Fsp3) is 0.286. The number of nitrogens with zero attached hydrogens (tertiary/aromatic N) is 2. The van der Waals surface area contributed by atoms with Crippen LogP contribution < -0.4 is 10.1 Å². The fourth-order valence-corrected chi connectivity index (χ4v) is 5.55. The van der Waals surface area contributed by atoms with E-state index in [1.54, 1.807) is 17.0 Å². The van der Waals surface area contributed by atoms with E-state index in [0.717, 1.165) is 16.7 Å². The van der Waals surface area contributed by atoms with Gasteiger partial charge in [-0.05, 0) is 60.9 Å². The van der Waals surface area contributed by atoms with Gasteiger partial charge in [-0.1, -0.05) is 60.7 Å². The van der Waals surface area contributed by atoms with Crippen LogP contribution in [0.2, 0.25) is 0 Å². The highest BCUT2D eigenvalue weighted by atomic mass is 19.1. The summed E-state index contributed by atoms with van der Waals surface area (Å²) in [6.45, 7) is 4.67. The number of nitrogens with one attached hydrogen (secondary N) is 1. The molecule has 2 amide bonds. The average Bonchev–Trinajstić information content (AvgIpc) is 3.02. The maximum Gasteiger partial charge on any atom is 0.410 e. The van der Waals surface area contributed by atoms with Gasteiger partial charge in [0, 0.05) is 36.6 Å². The van der Waals surface area contributed by atoms with Gasteiger partial charge in [-0.15, -0.1) is 0 Å². The fourth-order valence-electron chi connectivity index (χ4n) is 5.55. The third kappa shape index (κ3) is 6.51. The predicted molar refractivity (Wildman–Crippen MR) is 162 cm³/mol. The summed E-state index contributed by atoms with van der Waals surface area (Å²) in [5, 5.41) is 2.95. The smallest absolute Gasteiger partial charge is 0.410 e. The van der Waals surface area contributed by atoms with E-state index in [0.29, 0.717) is 30.1 Å². The Morgan fingerprint density at radius 2 is 1.55 bits per heavy atom. The number of likely N-dealkylation sites (tertiary alicyclic amines) is 1. The second-order valence-electron chi connectivity index (χ2n) is 11.7. The van der Waals surface area contributed by atoms with Crippen molar-refractivity contribution >= 4 is 12.2 Å². The highest BCUT2D eigenvalue weighted by Crippen LogP contribution is 2.44. The molecule has 3 aromatic carbocycles. The summed E-state index contributed by atoms with van der Waals surface area (Å²) in [4.78, 5) is 31.9. The van der Waals surface area contributed by atoms with Crippen LogP contribution in [0.3, 0.4) is 0 Å². The van der Waals surface area contributed by atoms with Gasteiger partial charge in [-0.2, -0.15) is 0 Å². The molecule has 4 aromatic rings. The van der Waals surface area contributed by atoms with Gasteiger partial charge in [0.05, 0.1) is 11.2 Å². The van der Waals surface area contributed by atoms with Gasteiger partial charge < -0.3 is 24.4 Å². The second kappa shape index (κ2) is 12.4. The van der Waals surface area contributed by atoms with Crippen molar-refractivity contribution in [3.8, 4) is 17.1 Å². The number of hydrogen-bond acceptors (Lipinski definition) is 6. The second-order valence-corrected chi connectivity index (χ2v) is 11.7. The number of amides is 2. The minimum atomic E-state index is -0.846. The van der Waals surface area contributed by atoms with Crippen LogP contribution in [0.25, 0.3) is 11.3 Å². The molecule has 0 spiro atoms. The van der Waals surface area contributed by atoms with Crippen LogP contribution in [0.15, 0.2) is 97.1 Å². The Morgan fingerprint density at radius 3 is 2.16 bits per heavy atom. The normalized spacial score (nSPS) is 18.7. The molecule has 1 saturated carbocycles. The quantitative estimate of drug-likeness (QED) is 0.228. The third-order valence-electron chi connectivity index (χ3n) is 8.26. The monoisotopic (exact) mass is 595 g/mol. The highest BCUT2D eigenvalue weighted by molar-refractivity contribution is 5.70. The number of fused-ring (bicyclic) bond motifs is 1. The summed E-state index contributed by atoms with van der Waals surface area (Å²) >= 11 is 0. The number of alkyl carbamates (subject to hydrolysis) is 1. The molecule has 0 bridgehead atoms. The van der Waals surface area contributed by atoms with E-state index in [9.17, 15) is 14.0 Å². The summed E-state index contributed by atoms with van der Waals surface area (Å²) in [6.07, 6.45) is -0.332. The molecule has 9 heteroatoms. The zero-order valence-electron chi connectivity index (χ0n) is 24.6. The number of rotatable bonds is 9. The van der Waals surface area contributed by atoms with E-state index in [2.05, 4.69) is 5.32 Å². The SMILES string of the molecule is CC(C)(NC(=O)OCc1ccccc1)c1cc(O[C@@H]2C[C@@H]3[C@H]2CN3C(=O)OCc2ccccc2)nc(-c2ccc(F)cc2)c1. The van der Waals surface area contributed by atoms with Crippen LogP contribution in [-0.2, 0) is 28.2 Å². The molecule has 1 aliphatic heterocycles. The zero-order chi connectivity index (χ0) is 30.7. The largest absolute Gasteiger partial charge is 0.474 e. The van der Waals surface area contributed by atoms with E-state index in [1.165, 1.54) is 12.1 Å². The van der Waals surface area contributed by atoms with Crippen molar-refractivity contribution in [1.82, 2.24) is 15.2 Å². The number of hydrogen-bond donors (Lipinski definition) is 1. The van der Waals surface area contributed by atoms with Crippen LogP contribution in [0.5, 0.6) is 5.88 Å². The summed E-state index contributed by atoms with van der Waals surface area (Å²) in [5.74, 6) is 0.225. The molecule has 6 rings (SSSR count). The van der Waals surface area contributed by atoms with Gasteiger partial charge in [0.15, 0.2) is 0 Å². The first-order valence-corrected chi connectivity index (χ1v) is 14.7. The lowest BCUT2D eigenvalue weighted by atomic mass is 9.69. The van der Waals surface area contributed by atoms with E-state index < -0.39 is 11.6 Å². The molecule has 3 atom stereocenters. The van der Waals surface area contributed by atoms with Gasteiger partial charge in [-0.3, -0.25) is 0 Å². The molecule has 1 aromatic heterocycles. The van der Waals surface area contributed by atoms with Crippen molar-refractivity contribution in [2.75, 3.05) is 6.54 Å². The lowest BCUT2D eigenvalue weighted by Crippen LogP contribution is -2.71. The Kier molecular flexibility index (Phi) is 8.19. The molecule has 2 fully saturated rings. The van der Waals surface area contributed by atoms with Crippen LogP contribution in [0.1, 0.15) is 37.0 Å². The molecule has 0 radical (unpaired) electrons. The van der Waals surface area contributed by atoms with Crippen LogP contribution in [0.4, 0.5) is 14.0 Å². The predicted octanol–water partition coefficient (Wildman–Crippen LogP) is 6.84. The Bertz CT molecular complexity index is 1610. The molecular formula is C35H34FN3O5. The lowest BCUT2D eigenvalue weighted by Gasteiger charge is -2.58. The first-order valence-electron chi connectivity index (χ1n) is 14.7. The van der Waals surface area contributed by atoms with Crippen molar-refractivity contribution in [2.24, 2.45) is 5.92 Å². The number of carbonyl (C=O) groups is 2. The summed E-state index contributed by atoms with van der Waals surface area (Å²) in [5.41, 5.74) is 3.02. The van der Waals surface area contributed by atoms with Crippen molar-refractivity contribution in [3.63, 3.8) is 0 Å². The molecule has 226 valence electrons. The van der Waals surface area contributed by atoms with Gasteiger partial charge in [0.2, 0.25) is 5.88 Å². The summed E-state index contributed by atoms with van der Waals surface area (Å²) < 4.78 is 31.0. The van der Waals surface area contributed by atoms with Crippen molar-refractivity contribution in [2.45, 2.75) is 51.2 Å². The highest BCUT2D eigenvalue weighted by Gasteiger charge is 2.56. The Balaban J connectivity index is 1.12. The lowest BCUT2D eigenvalue weighted by molar-refractivity contribution is -0.127. The van der Waals surface area contributed by atoms with Gasteiger partial charge in [-0.25, -0.2) is 19.0 Å². The summed E-state index contributed by atoms with van der Waals surface area (Å²) in [7, 11) is 0. The number of benzene rings is 3. The average molecular weight is 596 g/mol. The van der Waals surface area contributed by atoms with Crippen molar-refractivity contribution in [3.05, 3.63) is 120 Å². The van der Waals surface area contributed by atoms with E-state index in [1.807, 2.05) is 86.6 Å². The van der Waals surface area contributed by atoms with Crippen molar-refractivity contribution in [1.29, 1.82) is 0 Å². The molecule has 44 heavy (non-hydrogen) atoms. The third-order valence-corrected chi connectivity index (χ3v) is 8.26. The van der Waals surface area contributed by atoms with Crippen LogP contribution in [0, 0.1) is 11.7 Å². The van der Waals surface area contributed by atoms with Crippen LogP contribution in [-0.4, -0.2) is 40.8 Å². The van der Waals surface area contributed by atoms with E-state index in [-0.39, 0.29) is 43.2 Å². The van der Waals surface area contributed by atoms with Gasteiger partial charge >= 0.3 is 12.2 Å². The molecule has 2 heterocycles. The van der Waals surface area contributed by atoms with Crippen LogP contribution >= 0.6 is 0 Å². The number of halogens is 1. The Hall–Kier alpha value is -4.92. The van der Waals surface area contributed by atoms with E-state index in [4.69, 9.17) is 19.2 Å². The zero-order valence-corrected chi connectivity index (χ0v) is 24.6. The van der Waals surface area contributed by atoms with E-state index >= 15 is 0 Å². The molecule has 0 unspecified atom stereocenters. The molecular weight excluding hydrogens is 561 g/mol. The maximum atomic E-state index is 13.7. The van der Waals surface area contributed by atoms with Crippen molar-refractivity contribution < 1.29 is 28.2 Å². The number of ether oxygens (including phenoxy) is 3. The van der Waals surface area contributed by atoms with Gasteiger partial charge in [0.25, 0.3) is 0 Å². The summed E-state index contributed by atoms with van der Waals surface area (Å²) in [6, 6.07) is 28.9. The molecule has 1 saturated heterocycles. The minimum Gasteiger partial charge on any atom is -0.474 e. The standard InChI is InChI=1S/C35H34FN3O5/c1-35(2,38-33(40)42-21-23-9-5-3-6-10-23)26-17-29(25-13-15-27(36)16-14-25)37-32(18-26)44-31-19-30-28(31)20-39(30)34(41)43-22-24-11-7-4-8-12-24/h3-18,28,30-31H,19-22H2,1-2H3,(H,38,40)/t28-,30-,31-/m1/s1. The molecule has 2 aliphatic rings. The number of aromatic nitrogens is 1. The molecule has 8 nitrogen and oxygen atoms in total. The number of piperidine rings is 1. The first-order chi connectivity index (χ1) is 21.2. The Morgan fingerprint density at radius 1 is 0.909 bits per heavy atom. The minimum absolute atomic E-state index is 0.0699. The maximum absolute atomic E-state index is 13.7. The Labute approximate surface area is 255 Å². The molecule has 1 N–H and O–H groups in total. The first kappa shape index (κ1) is 29.2. The van der Waals surface area contributed by atoms with Gasteiger partial charge in [0.1, 0.15) is 25.1 Å². The number of pyridine rings is 1.